The number of rotatable bonds is 4. The van der Waals surface area contributed by atoms with E-state index in [9.17, 15) is 0 Å². The van der Waals surface area contributed by atoms with Gasteiger partial charge < -0.3 is 4.98 Å². The van der Waals surface area contributed by atoms with Gasteiger partial charge in [-0.05, 0) is 24.3 Å². The van der Waals surface area contributed by atoms with Crippen molar-refractivity contribution in [1.29, 1.82) is 0 Å². The second kappa shape index (κ2) is 5.58. The van der Waals surface area contributed by atoms with Crippen molar-refractivity contribution in [3.8, 4) is 0 Å². The predicted molar refractivity (Wildman–Crippen MR) is 87.2 cm³/mol. The first kappa shape index (κ1) is 13.5. The summed E-state index contributed by atoms with van der Waals surface area (Å²) in [7, 11) is 0. The standard InChI is InChI=1S/C14H11ClN6S/c15-12-6-5-11-13(18-12)21(20-19-11)7-8-22-14-16-9-3-1-2-4-10(9)17-14/h1-6H,7-8H2,(H,16,17). The van der Waals surface area contributed by atoms with Crippen molar-refractivity contribution in [1.82, 2.24) is 29.9 Å². The zero-order chi connectivity index (χ0) is 14.9. The van der Waals surface area contributed by atoms with Crippen molar-refractivity contribution < 1.29 is 0 Å². The van der Waals surface area contributed by atoms with Crippen LogP contribution in [0.15, 0.2) is 41.6 Å². The third-order valence-corrected chi connectivity index (χ3v) is 4.30. The number of benzene rings is 1. The molecule has 4 aromatic rings. The molecule has 1 aromatic carbocycles. The molecule has 110 valence electrons. The highest BCUT2D eigenvalue weighted by molar-refractivity contribution is 7.99. The van der Waals surface area contributed by atoms with E-state index in [0.29, 0.717) is 17.3 Å². The number of nitrogens with one attached hydrogen (secondary N) is 1. The second-order valence-electron chi connectivity index (χ2n) is 4.70. The molecule has 0 bridgehead atoms. The zero-order valence-corrected chi connectivity index (χ0v) is 13.0. The third-order valence-electron chi connectivity index (χ3n) is 3.23. The maximum atomic E-state index is 5.92. The minimum atomic E-state index is 0.445. The number of pyridine rings is 1. The molecule has 0 aliphatic rings. The molecule has 0 spiro atoms. The van der Waals surface area contributed by atoms with Crippen molar-refractivity contribution in [2.24, 2.45) is 0 Å². The van der Waals surface area contributed by atoms with Gasteiger partial charge in [-0.3, -0.25) is 0 Å². The number of aromatic amines is 1. The first-order valence-electron chi connectivity index (χ1n) is 6.73. The van der Waals surface area contributed by atoms with Crippen LogP contribution in [0.25, 0.3) is 22.2 Å². The summed E-state index contributed by atoms with van der Waals surface area (Å²) in [5, 5.41) is 9.54. The number of halogens is 1. The van der Waals surface area contributed by atoms with Gasteiger partial charge in [0.1, 0.15) is 10.7 Å². The van der Waals surface area contributed by atoms with E-state index in [1.54, 1.807) is 22.5 Å². The molecule has 0 unspecified atom stereocenters. The molecule has 0 aliphatic carbocycles. The Hall–Kier alpha value is -2.12. The fourth-order valence-corrected chi connectivity index (χ4v) is 3.15. The number of aromatic nitrogens is 6. The highest BCUT2D eigenvalue weighted by Gasteiger charge is 2.07. The van der Waals surface area contributed by atoms with Gasteiger partial charge in [0.2, 0.25) is 0 Å². The maximum absolute atomic E-state index is 5.92. The van der Waals surface area contributed by atoms with E-state index >= 15 is 0 Å². The van der Waals surface area contributed by atoms with Crippen molar-refractivity contribution in [2.75, 3.05) is 5.75 Å². The predicted octanol–water partition coefficient (Wildman–Crippen LogP) is 3.15. The van der Waals surface area contributed by atoms with Crippen LogP contribution >= 0.6 is 23.4 Å². The van der Waals surface area contributed by atoms with Crippen LogP contribution in [0.3, 0.4) is 0 Å². The van der Waals surface area contributed by atoms with Crippen LogP contribution in [0.5, 0.6) is 0 Å². The van der Waals surface area contributed by atoms with Crippen LogP contribution in [0.1, 0.15) is 0 Å². The summed E-state index contributed by atoms with van der Waals surface area (Å²) in [6.07, 6.45) is 0. The number of nitrogens with zero attached hydrogens (tertiary/aromatic N) is 5. The van der Waals surface area contributed by atoms with Crippen molar-refractivity contribution in [3.05, 3.63) is 41.6 Å². The van der Waals surface area contributed by atoms with E-state index < -0.39 is 0 Å². The molecule has 0 radical (unpaired) electrons. The average molecular weight is 331 g/mol. The van der Waals surface area contributed by atoms with Crippen LogP contribution in [-0.2, 0) is 6.54 Å². The molecule has 0 saturated heterocycles. The number of imidazole rings is 1. The van der Waals surface area contributed by atoms with Crippen molar-refractivity contribution in [2.45, 2.75) is 11.7 Å². The van der Waals surface area contributed by atoms with Gasteiger partial charge in [0.25, 0.3) is 0 Å². The molecule has 0 saturated carbocycles. The summed E-state index contributed by atoms with van der Waals surface area (Å²) in [4.78, 5) is 12.1. The van der Waals surface area contributed by atoms with Crippen LogP contribution in [0.2, 0.25) is 5.15 Å². The Bertz CT molecular complexity index is 914. The van der Waals surface area contributed by atoms with E-state index in [1.165, 1.54) is 0 Å². The number of aryl methyl sites for hydroxylation is 1. The molecule has 3 heterocycles. The van der Waals surface area contributed by atoms with Crippen LogP contribution in [0, 0.1) is 0 Å². The number of fused-ring (bicyclic) bond motifs is 2. The van der Waals surface area contributed by atoms with Gasteiger partial charge in [0.15, 0.2) is 10.8 Å². The molecule has 0 amide bonds. The van der Waals surface area contributed by atoms with Gasteiger partial charge >= 0.3 is 0 Å². The Morgan fingerprint density at radius 2 is 2.00 bits per heavy atom. The normalized spacial score (nSPS) is 11.5. The fraction of sp³-hybridized carbons (Fsp3) is 0.143. The topological polar surface area (TPSA) is 72.3 Å². The second-order valence-corrected chi connectivity index (χ2v) is 6.17. The molecular weight excluding hydrogens is 320 g/mol. The van der Waals surface area contributed by atoms with Crippen molar-refractivity contribution in [3.63, 3.8) is 0 Å². The minimum Gasteiger partial charge on any atom is -0.333 e. The summed E-state index contributed by atoms with van der Waals surface area (Å²) in [6.45, 7) is 0.686. The Morgan fingerprint density at radius 3 is 2.91 bits per heavy atom. The van der Waals surface area contributed by atoms with Crippen molar-refractivity contribution >= 4 is 45.6 Å². The van der Waals surface area contributed by atoms with Crippen LogP contribution in [-0.4, -0.2) is 35.7 Å². The number of hydrogen-bond donors (Lipinski definition) is 1. The Kier molecular flexibility index (Phi) is 3.44. The Morgan fingerprint density at radius 1 is 1.09 bits per heavy atom. The molecule has 0 fully saturated rings. The Labute approximate surface area is 134 Å². The molecule has 0 aliphatic heterocycles. The quantitative estimate of drug-likeness (QED) is 0.459. The smallest absolute Gasteiger partial charge is 0.179 e. The highest BCUT2D eigenvalue weighted by Crippen LogP contribution is 2.20. The van der Waals surface area contributed by atoms with Gasteiger partial charge in [-0.1, -0.05) is 40.7 Å². The molecule has 1 N–H and O–H groups in total. The monoisotopic (exact) mass is 330 g/mol. The van der Waals surface area contributed by atoms with Gasteiger partial charge in [-0.15, -0.1) is 5.10 Å². The van der Waals surface area contributed by atoms with Gasteiger partial charge in [0.05, 0.1) is 17.6 Å². The number of hydrogen-bond acceptors (Lipinski definition) is 5. The zero-order valence-electron chi connectivity index (χ0n) is 11.4. The first-order chi connectivity index (χ1) is 10.8. The first-order valence-corrected chi connectivity index (χ1v) is 8.09. The lowest BCUT2D eigenvalue weighted by Crippen LogP contribution is -2.03. The lowest BCUT2D eigenvalue weighted by Gasteiger charge is -2.00. The summed E-state index contributed by atoms with van der Waals surface area (Å²) in [5.74, 6) is 0.812. The summed E-state index contributed by atoms with van der Waals surface area (Å²) >= 11 is 7.56. The van der Waals surface area contributed by atoms with E-state index in [2.05, 4.69) is 25.3 Å². The fourth-order valence-electron chi connectivity index (χ4n) is 2.21. The highest BCUT2D eigenvalue weighted by atomic mass is 35.5. The average Bonchev–Trinajstić information content (AvgIpc) is 3.11. The van der Waals surface area contributed by atoms with E-state index in [0.717, 1.165) is 27.5 Å². The lowest BCUT2D eigenvalue weighted by molar-refractivity contribution is 0.646. The van der Waals surface area contributed by atoms with Gasteiger partial charge in [-0.25, -0.2) is 14.6 Å². The van der Waals surface area contributed by atoms with Gasteiger partial charge in [0, 0.05) is 5.75 Å². The van der Waals surface area contributed by atoms with Crippen LogP contribution in [0.4, 0.5) is 0 Å². The summed E-state index contributed by atoms with van der Waals surface area (Å²) < 4.78 is 1.76. The molecule has 8 heteroatoms. The maximum Gasteiger partial charge on any atom is 0.179 e. The lowest BCUT2D eigenvalue weighted by atomic mass is 10.3. The molecule has 4 rings (SSSR count). The summed E-state index contributed by atoms with van der Waals surface area (Å²) in [5.41, 5.74) is 3.48. The number of H-pyrrole nitrogens is 1. The van der Waals surface area contributed by atoms with E-state index in [1.807, 2.05) is 30.3 Å². The molecular formula is C14H11ClN6S. The minimum absolute atomic E-state index is 0.445. The molecule has 3 aromatic heterocycles. The number of para-hydroxylation sites is 2. The third kappa shape index (κ3) is 2.53. The van der Waals surface area contributed by atoms with E-state index in [-0.39, 0.29) is 0 Å². The largest absolute Gasteiger partial charge is 0.333 e. The number of thioether (sulfide) groups is 1. The SMILES string of the molecule is Clc1ccc2nnn(CCSc3nc4ccccc4[nH]3)c2n1. The van der Waals surface area contributed by atoms with E-state index in [4.69, 9.17) is 11.6 Å². The molecule has 0 atom stereocenters. The van der Waals surface area contributed by atoms with Gasteiger partial charge in [-0.2, -0.15) is 0 Å². The molecule has 6 nitrogen and oxygen atoms in total. The molecule has 22 heavy (non-hydrogen) atoms. The summed E-state index contributed by atoms with van der Waals surface area (Å²) in [6, 6.07) is 11.5. The van der Waals surface area contributed by atoms with Crippen LogP contribution < -0.4 is 0 Å². The Balaban J connectivity index is 1.48.